The van der Waals surface area contributed by atoms with Crippen LogP contribution in [0.25, 0.3) is 0 Å². The maximum absolute atomic E-state index is 12.3. The summed E-state index contributed by atoms with van der Waals surface area (Å²) in [5.41, 5.74) is 4.70. The summed E-state index contributed by atoms with van der Waals surface area (Å²) in [6, 6.07) is -2.26. The number of urea groups is 1. The molecule has 0 aliphatic carbocycles. The van der Waals surface area contributed by atoms with E-state index in [0.29, 0.717) is 18.0 Å². The van der Waals surface area contributed by atoms with Crippen LogP contribution in [0.3, 0.4) is 0 Å². The van der Waals surface area contributed by atoms with Gasteiger partial charge in [0, 0.05) is 42.6 Å². The molecule has 0 unspecified atom stereocenters. The molecular weight excluding hydrogens is 393 g/mol. The first-order valence-corrected chi connectivity index (χ1v) is 9.70. The molecule has 3 aliphatic heterocycles. The average Bonchev–Trinajstić information content (AvgIpc) is 2.84. The van der Waals surface area contributed by atoms with Gasteiger partial charge in [-0.2, -0.15) is 13.5 Å². The van der Waals surface area contributed by atoms with Gasteiger partial charge < -0.3 is 10.2 Å². The van der Waals surface area contributed by atoms with Gasteiger partial charge in [0.2, 0.25) is 5.91 Å². The van der Waals surface area contributed by atoms with Crippen LogP contribution in [0.1, 0.15) is 25.7 Å². The molecule has 0 aromatic carbocycles. The number of carbonyl (C=O) groups excluding carboxylic acids is 3. The molecular formula is C13H21N5NaO7S. The van der Waals surface area contributed by atoms with E-state index in [-0.39, 0.29) is 54.3 Å². The third-order valence-corrected chi connectivity index (χ3v) is 5.13. The van der Waals surface area contributed by atoms with E-state index in [1.54, 1.807) is 0 Å². The molecule has 3 heterocycles. The standard InChI is InChI=1S/C13H21N5O7S.Na/c19-11(8-2-1-5-14-6-8)15-16-12(20)10-4-3-9-7-17(10)13(21)18(9)25-26(22,23)24;/h8-10,14H,1-7H2,(H,15,19)(H,16,20)(H,22,23,24);/t8-,9-,10+;/m1./s1. The molecule has 4 amide bonds. The quantitative estimate of drug-likeness (QED) is 0.228. The van der Waals surface area contributed by atoms with E-state index >= 15 is 0 Å². The maximum Gasteiger partial charge on any atom is 0.418 e. The second-order valence-electron chi connectivity index (χ2n) is 6.53. The van der Waals surface area contributed by atoms with Gasteiger partial charge in [-0.05, 0) is 32.2 Å². The molecule has 0 spiro atoms. The summed E-state index contributed by atoms with van der Waals surface area (Å²) in [5, 5.41) is 3.67. The molecule has 0 saturated carbocycles. The van der Waals surface area contributed by atoms with Crippen LogP contribution in [0.15, 0.2) is 0 Å². The van der Waals surface area contributed by atoms with Crippen molar-refractivity contribution in [2.24, 2.45) is 5.92 Å². The van der Waals surface area contributed by atoms with Gasteiger partial charge in [0.15, 0.2) is 0 Å². The van der Waals surface area contributed by atoms with Gasteiger partial charge in [0.1, 0.15) is 6.04 Å². The summed E-state index contributed by atoms with van der Waals surface area (Å²) < 4.78 is 34.8. The number of nitrogens with zero attached hydrogens (tertiary/aromatic N) is 2. The summed E-state index contributed by atoms with van der Waals surface area (Å²) >= 11 is 0. The fourth-order valence-electron chi connectivity index (χ4n) is 3.49. The minimum atomic E-state index is -4.84. The van der Waals surface area contributed by atoms with Crippen LogP contribution in [0.4, 0.5) is 4.79 Å². The number of carbonyl (C=O) groups is 3. The monoisotopic (exact) mass is 414 g/mol. The van der Waals surface area contributed by atoms with Crippen molar-refractivity contribution in [3.63, 3.8) is 0 Å². The van der Waals surface area contributed by atoms with Crippen molar-refractivity contribution in [3.8, 4) is 0 Å². The van der Waals surface area contributed by atoms with Crippen LogP contribution in [0, 0.1) is 5.92 Å². The Balaban J connectivity index is 0.00000261. The summed E-state index contributed by atoms with van der Waals surface area (Å²) in [7, 11) is -4.84. The molecule has 3 atom stereocenters. The number of fused-ring (bicyclic) bond motifs is 2. The first-order valence-electron chi connectivity index (χ1n) is 8.33. The first kappa shape index (κ1) is 22.3. The number of hydrazine groups is 1. The van der Waals surface area contributed by atoms with Crippen molar-refractivity contribution in [3.05, 3.63) is 0 Å². The van der Waals surface area contributed by atoms with Gasteiger partial charge >= 0.3 is 16.4 Å². The topological polar surface area (TPSA) is 157 Å². The van der Waals surface area contributed by atoms with Gasteiger partial charge in [0.05, 0.1) is 12.0 Å². The van der Waals surface area contributed by atoms with Gasteiger partial charge in [0.25, 0.3) is 5.91 Å². The summed E-state index contributed by atoms with van der Waals surface area (Å²) in [5.74, 6) is -1.10. The predicted molar refractivity (Wildman–Crippen MR) is 91.0 cm³/mol. The van der Waals surface area contributed by atoms with E-state index in [2.05, 4.69) is 20.5 Å². The van der Waals surface area contributed by atoms with Crippen molar-refractivity contribution in [2.75, 3.05) is 19.6 Å². The van der Waals surface area contributed by atoms with Gasteiger partial charge in [-0.1, -0.05) is 0 Å². The zero-order chi connectivity index (χ0) is 18.9. The first-order chi connectivity index (χ1) is 12.3. The molecule has 1 radical (unpaired) electrons. The molecule has 147 valence electrons. The molecule has 0 aromatic rings. The molecule has 0 aromatic heterocycles. The second-order valence-corrected chi connectivity index (χ2v) is 7.54. The van der Waals surface area contributed by atoms with Gasteiger partial charge in [-0.25, -0.2) is 4.79 Å². The van der Waals surface area contributed by atoms with E-state index in [1.165, 1.54) is 0 Å². The zero-order valence-electron chi connectivity index (χ0n) is 14.9. The molecule has 27 heavy (non-hydrogen) atoms. The molecule has 3 saturated heterocycles. The van der Waals surface area contributed by atoms with Crippen LogP contribution in [-0.2, 0) is 24.3 Å². The molecule has 3 fully saturated rings. The van der Waals surface area contributed by atoms with Crippen LogP contribution in [0.5, 0.6) is 0 Å². The summed E-state index contributed by atoms with van der Waals surface area (Å²) in [6.45, 7) is 1.49. The normalized spacial score (nSPS) is 27.7. The van der Waals surface area contributed by atoms with Gasteiger partial charge in [-0.15, -0.1) is 4.28 Å². The largest absolute Gasteiger partial charge is 0.418 e. The van der Waals surface area contributed by atoms with Crippen LogP contribution in [0.2, 0.25) is 0 Å². The Bertz CT molecular complexity index is 699. The number of hydrogen-bond donors (Lipinski definition) is 4. The van der Waals surface area contributed by atoms with Crippen LogP contribution >= 0.6 is 0 Å². The minimum absolute atomic E-state index is 0. The van der Waals surface area contributed by atoms with Crippen LogP contribution in [-0.4, -0.2) is 102 Å². The minimum Gasteiger partial charge on any atom is -0.316 e. The molecule has 4 N–H and O–H groups in total. The maximum atomic E-state index is 12.3. The number of hydroxylamine groups is 2. The number of piperidine rings is 2. The summed E-state index contributed by atoms with van der Waals surface area (Å²) in [4.78, 5) is 37.8. The number of hydrogen-bond acceptors (Lipinski definition) is 7. The van der Waals surface area contributed by atoms with Gasteiger partial charge in [-0.3, -0.25) is 25.0 Å². The van der Waals surface area contributed by atoms with Crippen molar-refractivity contribution >= 4 is 57.8 Å². The number of nitrogens with one attached hydrogen (secondary N) is 3. The third-order valence-electron chi connectivity index (χ3n) is 4.78. The fourth-order valence-corrected chi connectivity index (χ4v) is 3.88. The predicted octanol–water partition coefficient (Wildman–Crippen LogP) is -2.24. The zero-order valence-corrected chi connectivity index (χ0v) is 17.7. The van der Waals surface area contributed by atoms with Crippen molar-refractivity contribution in [1.29, 1.82) is 0 Å². The van der Waals surface area contributed by atoms with E-state index in [4.69, 9.17) is 4.55 Å². The molecule has 3 rings (SSSR count). The smallest absolute Gasteiger partial charge is 0.316 e. The van der Waals surface area contributed by atoms with E-state index in [0.717, 1.165) is 24.3 Å². The third kappa shape index (κ3) is 5.31. The fraction of sp³-hybridized carbons (Fsp3) is 0.769. The van der Waals surface area contributed by atoms with E-state index in [1.807, 2.05) is 0 Å². The average molecular weight is 414 g/mol. The Morgan fingerprint density at radius 3 is 2.52 bits per heavy atom. The molecule has 3 aliphatic rings. The van der Waals surface area contributed by atoms with Crippen molar-refractivity contribution < 1.29 is 31.6 Å². The summed E-state index contributed by atoms with van der Waals surface area (Å²) in [6.07, 6.45) is 2.19. The Kier molecular flexibility index (Phi) is 7.47. The SMILES string of the molecule is O=C(NNC(=O)[C@@H]1CC[C@@H]2CN1C(=O)N2OS(=O)(=O)O)[C@@H]1CCCNC1.[Na]. The Morgan fingerprint density at radius 2 is 1.89 bits per heavy atom. The molecule has 12 nitrogen and oxygen atoms in total. The molecule has 2 bridgehead atoms. The Morgan fingerprint density at radius 1 is 1.19 bits per heavy atom. The number of rotatable bonds is 4. The Labute approximate surface area is 178 Å². The van der Waals surface area contributed by atoms with E-state index < -0.39 is 34.4 Å². The van der Waals surface area contributed by atoms with E-state index in [9.17, 15) is 22.8 Å². The molecule has 14 heteroatoms. The number of amides is 4. The van der Waals surface area contributed by atoms with Crippen molar-refractivity contribution in [2.45, 2.75) is 37.8 Å². The Hall–Kier alpha value is -0.960. The second kappa shape index (κ2) is 9.03. The van der Waals surface area contributed by atoms with Crippen LogP contribution < -0.4 is 16.2 Å². The van der Waals surface area contributed by atoms with Crippen molar-refractivity contribution in [1.82, 2.24) is 26.1 Å².